The maximum atomic E-state index is 11.9. The zero-order valence-corrected chi connectivity index (χ0v) is 12.9. The Labute approximate surface area is 121 Å². The van der Waals surface area contributed by atoms with Gasteiger partial charge in [0, 0.05) is 19.3 Å². The minimum atomic E-state index is -0.505. The molecule has 0 saturated heterocycles. The Morgan fingerprint density at radius 1 is 1.50 bits per heavy atom. The van der Waals surface area contributed by atoms with Crippen molar-refractivity contribution in [2.24, 2.45) is 5.92 Å². The molecule has 0 N–H and O–H groups in total. The van der Waals surface area contributed by atoms with Gasteiger partial charge in [0.15, 0.2) is 0 Å². The van der Waals surface area contributed by atoms with Crippen molar-refractivity contribution < 1.29 is 9.53 Å². The van der Waals surface area contributed by atoms with Crippen molar-refractivity contribution in [2.45, 2.75) is 40.0 Å². The molecule has 20 heavy (non-hydrogen) atoms. The molecule has 1 aliphatic heterocycles. The second-order valence-electron chi connectivity index (χ2n) is 5.23. The maximum absolute atomic E-state index is 11.9. The number of hydrogen-bond acceptors (Lipinski definition) is 4. The summed E-state index contributed by atoms with van der Waals surface area (Å²) in [6.07, 6.45) is 4.50. The lowest BCUT2D eigenvalue weighted by molar-refractivity contribution is -0.139. The molecule has 0 amide bonds. The van der Waals surface area contributed by atoms with Crippen LogP contribution in [0.2, 0.25) is 0 Å². The Kier molecular flexibility index (Phi) is 6.30. The van der Waals surface area contributed by atoms with Gasteiger partial charge in [-0.2, -0.15) is 5.26 Å². The van der Waals surface area contributed by atoms with Crippen LogP contribution < -0.4 is 0 Å². The molecular formula is C16H24N2O2. The standard InChI is InChI=1S/C16H24N2O2/c1-5-13(6-2)11-20-16(19)15(10-17)9-14-7-8-18(4)12(14)3/h9,13H,5-8,11H2,1-4H3/b15-9+. The Morgan fingerprint density at radius 2 is 2.15 bits per heavy atom. The summed E-state index contributed by atoms with van der Waals surface area (Å²) < 4.78 is 5.25. The van der Waals surface area contributed by atoms with Crippen LogP contribution in [0.25, 0.3) is 0 Å². The molecular weight excluding hydrogens is 252 g/mol. The predicted molar refractivity (Wildman–Crippen MR) is 78.7 cm³/mol. The monoisotopic (exact) mass is 276 g/mol. The van der Waals surface area contributed by atoms with Gasteiger partial charge >= 0.3 is 5.97 Å². The maximum Gasteiger partial charge on any atom is 0.348 e. The van der Waals surface area contributed by atoms with Crippen molar-refractivity contribution in [1.82, 2.24) is 4.90 Å². The van der Waals surface area contributed by atoms with Crippen LogP contribution in [-0.2, 0) is 9.53 Å². The number of allylic oxidation sites excluding steroid dienone is 2. The van der Waals surface area contributed by atoms with Gasteiger partial charge in [0.1, 0.15) is 11.6 Å². The fourth-order valence-electron chi connectivity index (χ4n) is 2.17. The lowest BCUT2D eigenvalue weighted by Crippen LogP contribution is -2.14. The van der Waals surface area contributed by atoms with Gasteiger partial charge in [0.2, 0.25) is 0 Å². The Balaban J connectivity index is 2.72. The van der Waals surface area contributed by atoms with Gasteiger partial charge in [0.25, 0.3) is 0 Å². The van der Waals surface area contributed by atoms with Crippen LogP contribution in [0.1, 0.15) is 40.0 Å². The lowest BCUT2D eigenvalue weighted by atomic mass is 10.1. The number of rotatable bonds is 6. The van der Waals surface area contributed by atoms with Crippen molar-refractivity contribution in [2.75, 3.05) is 20.2 Å². The van der Waals surface area contributed by atoms with Gasteiger partial charge in [-0.1, -0.05) is 26.7 Å². The average Bonchev–Trinajstić information content (AvgIpc) is 2.77. The van der Waals surface area contributed by atoms with Crippen molar-refractivity contribution in [3.05, 3.63) is 22.9 Å². The van der Waals surface area contributed by atoms with E-state index >= 15 is 0 Å². The average molecular weight is 276 g/mol. The van der Waals surface area contributed by atoms with Crippen LogP contribution in [-0.4, -0.2) is 31.1 Å². The van der Waals surface area contributed by atoms with Gasteiger partial charge in [-0.15, -0.1) is 0 Å². The molecule has 0 atom stereocenters. The third kappa shape index (κ3) is 4.12. The molecule has 0 fully saturated rings. The molecule has 0 aromatic rings. The SMILES string of the molecule is CCC(CC)COC(=O)/C(C#N)=C/C1=C(C)N(C)CC1. The van der Waals surface area contributed by atoms with Crippen molar-refractivity contribution in [1.29, 1.82) is 5.26 Å². The topological polar surface area (TPSA) is 53.3 Å². The molecule has 4 nitrogen and oxygen atoms in total. The smallest absolute Gasteiger partial charge is 0.348 e. The van der Waals surface area contributed by atoms with E-state index in [1.165, 1.54) is 0 Å². The summed E-state index contributed by atoms with van der Waals surface area (Å²) in [5, 5.41) is 9.13. The summed E-state index contributed by atoms with van der Waals surface area (Å²) in [4.78, 5) is 14.1. The molecule has 4 heteroatoms. The molecule has 1 heterocycles. The van der Waals surface area contributed by atoms with Crippen LogP contribution in [0.15, 0.2) is 22.9 Å². The fourth-order valence-corrected chi connectivity index (χ4v) is 2.17. The summed E-state index contributed by atoms with van der Waals surface area (Å²) in [6.45, 7) is 7.47. The van der Waals surface area contributed by atoms with Crippen LogP contribution in [0, 0.1) is 17.2 Å². The summed E-state index contributed by atoms with van der Waals surface area (Å²) >= 11 is 0. The minimum absolute atomic E-state index is 0.0978. The quantitative estimate of drug-likeness (QED) is 0.425. The first-order chi connectivity index (χ1) is 9.53. The molecule has 0 radical (unpaired) electrons. The lowest BCUT2D eigenvalue weighted by Gasteiger charge is -2.12. The largest absolute Gasteiger partial charge is 0.461 e. The second kappa shape index (κ2) is 7.74. The summed E-state index contributed by atoms with van der Waals surface area (Å²) in [5.41, 5.74) is 2.26. The zero-order chi connectivity index (χ0) is 15.1. The Bertz CT molecular complexity index is 454. The highest BCUT2D eigenvalue weighted by molar-refractivity contribution is 5.93. The molecule has 0 unspecified atom stereocenters. The van der Waals surface area contributed by atoms with Crippen molar-refractivity contribution in [3.63, 3.8) is 0 Å². The molecule has 0 aliphatic carbocycles. The van der Waals surface area contributed by atoms with E-state index in [9.17, 15) is 4.79 Å². The number of hydrogen-bond donors (Lipinski definition) is 0. The number of nitrogens with zero attached hydrogens (tertiary/aromatic N) is 2. The van der Waals surface area contributed by atoms with Crippen LogP contribution in [0.3, 0.4) is 0 Å². The second-order valence-corrected chi connectivity index (χ2v) is 5.23. The van der Waals surface area contributed by atoms with Crippen molar-refractivity contribution >= 4 is 5.97 Å². The molecule has 0 aromatic carbocycles. The molecule has 0 saturated carbocycles. The van der Waals surface area contributed by atoms with Crippen LogP contribution in [0.5, 0.6) is 0 Å². The third-order valence-corrected chi connectivity index (χ3v) is 4.02. The molecule has 1 aliphatic rings. The fraction of sp³-hybridized carbons (Fsp3) is 0.625. The van der Waals surface area contributed by atoms with Gasteiger partial charge in [-0.25, -0.2) is 4.79 Å². The van der Waals surface area contributed by atoms with Crippen LogP contribution >= 0.6 is 0 Å². The minimum Gasteiger partial charge on any atom is -0.461 e. The highest BCUT2D eigenvalue weighted by Gasteiger charge is 2.18. The molecule has 0 spiro atoms. The number of carbonyl (C=O) groups excluding carboxylic acids is 1. The van der Waals surface area contributed by atoms with E-state index in [2.05, 4.69) is 18.7 Å². The normalized spacial score (nSPS) is 15.8. The third-order valence-electron chi connectivity index (χ3n) is 4.02. The molecule has 110 valence electrons. The molecule has 0 aromatic heterocycles. The van der Waals surface area contributed by atoms with E-state index in [0.717, 1.165) is 37.1 Å². The summed E-state index contributed by atoms with van der Waals surface area (Å²) in [6, 6.07) is 1.96. The number of ether oxygens (including phenoxy) is 1. The highest BCUT2D eigenvalue weighted by Crippen LogP contribution is 2.23. The van der Waals surface area contributed by atoms with E-state index < -0.39 is 5.97 Å². The van der Waals surface area contributed by atoms with Gasteiger partial charge in [-0.05, 0) is 30.9 Å². The molecule has 1 rings (SSSR count). The predicted octanol–water partition coefficient (Wildman–Crippen LogP) is 3.03. The van der Waals surface area contributed by atoms with Crippen molar-refractivity contribution in [3.8, 4) is 6.07 Å². The summed E-state index contributed by atoms with van der Waals surface area (Å²) in [5.74, 6) is -0.133. The van der Waals surface area contributed by atoms with E-state index in [1.807, 2.05) is 20.0 Å². The zero-order valence-electron chi connectivity index (χ0n) is 12.9. The van der Waals surface area contributed by atoms with E-state index in [4.69, 9.17) is 10.00 Å². The number of carbonyl (C=O) groups is 1. The summed E-state index contributed by atoms with van der Waals surface area (Å²) in [7, 11) is 2.01. The number of esters is 1. The van der Waals surface area contributed by atoms with Crippen LogP contribution in [0.4, 0.5) is 0 Å². The van der Waals surface area contributed by atoms with Gasteiger partial charge in [0.05, 0.1) is 6.61 Å². The molecule has 0 bridgehead atoms. The van der Waals surface area contributed by atoms with E-state index in [1.54, 1.807) is 6.08 Å². The first-order valence-corrected chi connectivity index (χ1v) is 7.23. The van der Waals surface area contributed by atoms with Gasteiger partial charge in [-0.3, -0.25) is 0 Å². The van der Waals surface area contributed by atoms with Gasteiger partial charge < -0.3 is 9.64 Å². The Hall–Kier alpha value is -1.76. The van der Waals surface area contributed by atoms with E-state index in [0.29, 0.717) is 12.5 Å². The van der Waals surface area contributed by atoms with E-state index in [-0.39, 0.29) is 5.57 Å². The number of nitriles is 1. The highest BCUT2D eigenvalue weighted by atomic mass is 16.5. The first-order valence-electron chi connectivity index (χ1n) is 7.23. The Morgan fingerprint density at radius 3 is 2.60 bits per heavy atom. The first kappa shape index (κ1) is 16.3.